The summed E-state index contributed by atoms with van der Waals surface area (Å²) < 4.78 is 0. The highest BCUT2D eigenvalue weighted by molar-refractivity contribution is 6.39. The van der Waals surface area contributed by atoms with Crippen molar-refractivity contribution in [1.82, 2.24) is 4.90 Å². The van der Waals surface area contributed by atoms with Crippen molar-refractivity contribution in [3.05, 3.63) is 63.6 Å². The average Bonchev–Trinajstić information content (AvgIpc) is 2.44. The molecule has 110 valence electrons. The van der Waals surface area contributed by atoms with E-state index in [1.807, 2.05) is 31.2 Å². The van der Waals surface area contributed by atoms with Crippen LogP contribution in [0.2, 0.25) is 10.0 Å². The number of anilines is 1. The molecule has 2 aromatic rings. The van der Waals surface area contributed by atoms with Crippen LogP contribution in [0.4, 0.5) is 5.69 Å². The molecule has 1 amide bonds. The van der Waals surface area contributed by atoms with E-state index in [1.165, 1.54) is 0 Å². The molecule has 2 aromatic carbocycles. The van der Waals surface area contributed by atoms with Crippen LogP contribution in [0.25, 0.3) is 0 Å². The zero-order valence-corrected chi connectivity index (χ0v) is 13.2. The maximum atomic E-state index is 12.6. The summed E-state index contributed by atoms with van der Waals surface area (Å²) in [4.78, 5) is 14.3. The van der Waals surface area contributed by atoms with E-state index in [9.17, 15) is 4.79 Å². The van der Waals surface area contributed by atoms with Gasteiger partial charge in [-0.2, -0.15) is 0 Å². The lowest BCUT2D eigenvalue weighted by Gasteiger charge is -2.22. The normalized spacial score (nSPS) is 10.4. The Kier molecular flexibility index (Phi) is 5.10. The van der Waals surface area contributed by atoms with E-state index in [0.717, 1.165) is 5.56 Å². The Balaban J connectivity index is 2.27. The predicted molar refractivity (Wildman–Crippen MR) is 87.7 cm³/mol. The van der Waals surface area contributed by atoms with Crippen LogP contribution in [0.5, 0.6) is 0 Å². The molecular weight excluding hydrogens is 307 g/mol. The van der Waals surface area contributed by atoms with Crippen molar-refractivity contribution in [1.29, 1.82) is 0 Å². The van der Waals surface area contributed by atoms with Crippen LogP contribution >= 0.6 is 23.2 Å². The zero-order chi connectivity index (χ0) is 15.4. The minimum atomic E-state index is -0.185. The van der Waals surface area contributed by atoms with Gasteiger partial charge in [0.2, 0.25) is 0 Å². The molecule has 0 saturated carbocycles. The third-order valence-corrected chi connectivity index (χ3v) is 3.80. The van der Waals surface area contributed by atoms with Crippen molar-refractivity contribution in [2.45, 2.75) is 13.5 Å². The van der Waals surface area contributed by atoms with Crippen molar-refractivity contribution >= 4 is 34.8 Å². The van der Waals surface area contributed by atoms with Crippen molar-refractivity contribution in [2.24, 2.45) is 0 Å². The molecule has 0 radical (unpaired) electrons. The number of rotatable bonds is 4. The topological polar surface area (TPSA) is 46.3 Å². The van der Waals surface area contributed by atoms with E-state index < -0.39 is 0 Å². The Morgan fingerprint density at radius 3 is 2.33 bits per heavy atom. The van der Waals surface area contributed by atoms with Crippen LogP contribution in [0, 0.1) is 0 Å². The molecule has 0 aliphatic carbocycles. The lowest BCUT2D eigenvalue weighted by Crippen LogP contribution is -2.30. The number of amides is 1. The summed E-state index contributed by atoms with van der Waals surface area (Å²) in [5, 5.41) is 0.719. The SMILES string of the molecule is CCN(Cc1cccc(N)c1)C(=O)c1c(Cl)cccc1Cl. The minimum absolute atomic E-state index is 0.185. The molecule has 0 unspecified atom stereocenters. The summed E-state index contributed by atoms with van der Waals surface area (Å²) in [7, 11) is 0. The van der Waals surface area contributed by atoms with Gasteiger partial charge in [0.05, 0.1) is 15.6 Å². The first kappa shape index (κ1) is 15.7. The molecule has 2 rings (SSSR count). The Morgan fingerprint density at radius 2 is 1.76 bits per heavy atom. The maximum Gasteiger partial charge on any atom is 0.257 e. The molecule has 0 heterocycles. The number of benzene rings is 2. The standard InChI is InChI=1S/C16H16Cl2N2O/c1-2-20(10-11-5-3-6-12(19)9-11)16(21)15-13(17)7-4-8-14(15)18/h3-9H,2,10,19H2,1H3. The van der Waals surface area contributed by atoms with Crippen LogP contribution in [0.15, 0.2) is 42.5 Å². The van der Waals surface area contributed by atoms with Crippen molar-refractivity contribution in [3.63, 3.8) is 0 Å². The average molecular weight is 323 g/mol. The third kappa shape index (κ3) is 3.69. The van der Waals surface area contributed by atoms with Crippen molar-refractivity contribution < 1.29 is 4.79 Å². The highest BCUT2D eigenvalue weighted by Crippen LogP contribution is 2.26. The number of carbonyl (C=O) groups is 1. The maximum absolute atomic E-state index is 12.6. The first-order valence-corrected chi connectivity index (χ1v) is 7.36. The first-order valence-electron chi connectivity index (χ1n) is 6.60. The monoisotopic (exact) mass is 322 g/mol. The van der Waals surface area contributed by atoms with Gasteiger partial charge in [0, 0.05) is 18.8 Å². The fourth-order valence-corrected chi connectivity index (χ4v) is 2.66. The Labute approximate surface area is 134 Å². The van der Waals surface area contributed by atoms with E-state index in [-0.39, 0.29) is 5.91 Å². The van der Waals surface area contributed by atoms with E-state index >= 15 is 0 Å². The molecule has 2 N–H and O–H groups in total. The van der Waals surface area contributed by atoms with Crippen LogP contribution < -0.4 is 5.73 Å². The number of nitrogen functional groups attached to an aromatic ring is 1. The molecule has 21 heavy (non-hydrogen) atoms. The highest BCUT2D eigenvalue weighted by Gasteiger charge is 2.20. The molecule has 0 bridgehead atoms. The molecule has 0 spiro atoms. The van der Waals surface area contributed by atoms with E-state index in [1.54, 1.807) is 23.1 Å². The third-order valence-electron chi connectivity index (χ3n) is 3.17. The lowest BCUT2D eigenvalue weighted by atomic mass is 10.1. The zero-order valence-electron chi connectivity index (χ0n) is 11.6. The van der Waals surface area contributed by atoms with Gasteiger partial charge in [-0.15, -0.1) is 0 Å². The predicted octanol–water partition coefficient (Wildman–Crippen LogP) is 4.24. The Hall–Kier alpha value is -1.71. The number of nitrogens with two attached hydrogens (primary N) is 1. The van der Waals surface area contributed by atoms with Crippen molar-refractivity contribution in [2.75, 3.05) is 12.3 Å². The van der Waals surface area contributed by atoms with E-state index in [0.29, 0.717) is 34.4 Å². The van der Waals surface area contributed by atoms with Crippen LogP contribution in [0.1, 0.15) is 22.8 Å². The molecule has 0 aliphatic rings. The number of hydrogen-bond donors (Lipinski definition) is 1. The molecule has 3 nitrogen and oxygen atoms in total. The summed E-state index contributed by atoms with van der Waals surface area (Å²) in [6.45, 7) is 2.92. The van der Waals surface area contributed by atoms with Crippen LogP contribution in [-0.2, 0) is 6.54 Å². The molecule has 0 aliphatic heterocycles. The summed E-state index contributed by atoms with van der Waals surface area (Å²) in [5.41, 5.74) is 7.74. The van der Waals surface area contributed by atoms with Gasteiger partial charge in [-0.05, 0) is 36.8 Å². The fraction of sp³-hybridized carbons (Fsp3) is 0.188. The Morgan fingerprint density at radius 1 is 1.14 bits per heavy atom. The lowest BCUT2D eigenvalue weighted by molar-refractivity contribution is 0.0753. The second-order valence-corrected chi connectivity index (χ2v) is 5.48. The van der Waals surface area contributed by atoms with Gasteiger partial charge in [-0.3, -0.25) is 4.79 Å². The van der Waals surface area contributed by atoms with Gasteiger partial charge < -0.3 is 10.6 Å². The number of halogens is 2. The number of nitrogens with zero attached hydrogens (tertiary/aromatic N) is 1. The van der Waals surface area contributed by atoms with Crippen molar-refractivity contribution in [3.8, 4) is 0 Å². The largest absolute Gasteiger partial charge is 0.399 e. The first-order chi connectivity index (χ1) is 10.0. The van der Waals surface area contributed by atoms with Gasteiger partial charge >= 0.3 is 0 Å². The number of carbonyl (C=O) groups excluding carboxylic acids is 1. The molecule has 5 heteroatoms. The second kappa shape index (κ2) is 6.83. The summed E-state index contributed by atoms with van der Waals surface area (Å²) in [6.07, 6.45) is 0. The molecule has 0 fully saturated rings. The molecular formula is C16H16Cl2N2O. The molecule has 0 saturated heterocycles. The summed E-state index contributed by atoms with van der Waals surface area (Å²) in [6, 6.07) is 12.5. The van der Waals surface area contributed by atoms with E-state index in [2.05, 4.69) is 0 Å². The fourth-order valence-electron chi connectivity index (χ4n) is 2.10. The minimum Gasteiger partial charge on any atom is -0.399 e. The second-order valence-electron chi connectivity index (χ2n) is 4.66. The Bertz CT molecular complexity index is 638. The van der Waals surface area contributed by atoms with Crippen LogP contribution in [-0.4, -0.2) is 17.4 Å². The van der Waals surface area contributed by atoms with Gasteiger partial charge in [0.25, 0.3) is 5.91 Å². The van der Waals surface area contributed by atoms with Gasteiger partial charge in [0.15, 0.2) is 0 Å². The van der Waals surface area contributed by atoms with Crippen LogP contribution in [0.3, 0.4) is 0 Å². The highest BCUT2D eigenvalue weighted by atomic mass is 35.5. The molecule has 0 aromatic heterocycles. The smallest absolute Gasteiger partial charge is 0.257 e. The van der Waals surface area contributed by atoms with Gasteiger partial charge in [0.1, 0.15) is 0 Å². The summed E-state index contributed by atoms with van der Waals surface area (Å²) in [5.74, 6) is -0.185. The van der Waals surface area contributed by atoms with E-state index in [4.69, 9.17) is 28.9 Å². The van der Waals surface area contributed by atoms with Gasteiger partial charge in [-0.1, -0.05) is 41.4 Å². The number of hydrogen-bond acceptors (Lipinski definition) is 2. The quantitative estimate of drug-likeness (QED) is 0.856. The summed E-state index contributed by atoms with van der Waals surface area (Å²) >= 11 is 12.2. The molecule has 0 atom stereocenters. The van der Waals surface area contributed by atoms with Gasteiger partial charge in [-0.25, -0.2) is 0 Å².